The molecule has 166 valence electrons. The first-order valence-corrected chi connectivity index (χ1v) is 11.7. The van der Waals surface area contributed by atoms with Crippen molar-refractivity contribution < 1.29 is 4.79 Å². The number of para-hydroxylation sites is 1. The van der Waals surface area contributed by atoms with Gasteiger partial charge in [-0.25, -0.2) is 4.98 Å². The minimum Gasteiger partial charge on any atom is -0.372 e. The van der Waals surface area contributed by atoms with Crippen molar-refractivity contribution in [3.8, 4) is 0 Å². The molecular formula is C26H30N4O2. The van der Waals surface area contributed by atoms with E-state index >= 15 is 0 Å². The lowest BCUT2D eigenvalue weighted by molar-refractivity contribution is -0.116. The third kappa shape index (κ3) is 4.40. The quantitative estimate of drug-likeness (QED) is 0.624. The Labute approximate surface area is 188 Å². The number of carbonyl (C=O) groups excluding carboxylic acids is 1. The number of nitrogens with one attached hydrogen (secondary N) is 1. The Bertz CT molecular complexity index is 1170. The van der Waals surface area contributed by atoms with Crippen molar-refractivity contribution in [2.75, 3.05) is 23.3 Å². The van der Waals surface area contributed by atoms with Gasteiger partial charge in [-0.2, -0.15) is 0 Å². The molecule has 3 aromatic rings. The highest BCUT2D eigenvalue weighted by Gasteiger charge is 2.28. The van der Waals surface area contributed by atoms with Crippen LogP contribution in [0.5, 0.6) is 0 Å². The van der Waals surface area contributed by atoms with Crippen LogP contribution in [0.15, 0.2) is 53.3 Å². The SMILES string of the molecule is CC1CCN(c2ccc(NC(=O)CCc3nc4ccccc4c(=O)n3C3CC3)cc2)CC1. The van der Waals surface area contributed by atoms with Crippen LogP contribution in [-0.4, -0.2) is 28.5 Å². The fraction of sp³-hybridized carbons (Fsp3) is 0.423. The molecule has 1 aliphatic carbocycles. The fourth-order valence-corrected chi connectivity index (χ4v) is 4.55. The Hall–Kier alpha value is -3.15. The van der Waals surface area contributed by atoms with Crippen molar-refractivity contribution in [3.05, 3.63) is 64.7 Å². The zero-order chi connectivity index (χ0) is 22.1. The molecule has 0 radical (unpaired) electrons. The minimum absolute atomic E-state index is 0.0104. The number of aromatic nitrogens is 2. The summed E-state index contributed by atoms with van der Waals surface area (Å²) in [4.78, 5) is 32.7. The zero-order valence-corrected chi connectivity index (χ0v) is 18.6. The molecule has 5 rings (SSSR count). The van der Waals surface area contributed by atoms with Gasteiger partial charge in [-0.1, -0.05) is 19.1 Å². The van der Waals surface area contributed by atoms with Crippen LogP contribution >= 0.6 is 0 Å². The van der Waals surface area contributed by atoms with E-state index < -0.39 is 0 Å². The van der Waals surface area contributed by atoms with Crippen LogP contribution in [0, 0.1) is 5.92 Å². The Morgan fingerprint density at radius 2 is 1.75 bits per heavy atom. The maximum absolute atomic E-state index is 13.0. The first-order valence-electron chi connectivity index (χ1n) is 11.7. The topological polar surface area (TPSA) is 67.2 Å². The van der Waals surface area contributed by atoms with Crippen LogP contribution < -0.4 is 15.8 Å². The smallest absolute Gasteiger partial charge is 0.261 e. The average Bonchev–Trinajstić information content (AvgIpc) is 3.64. The molecule has 6 heteroatoms. The Morgan fingerprint density at radius 3 is 2.47 bits per heavy atom. The molecule has 2 heterocycles. The molecule has 32 heavy (non-hydrogen) atoms. The van der Waals surface area contributed by atoms with E-state index in [4.69, 9.17) is 4.98 Å². The highest BCUT2D eigenvalue weighted by Crippen LogP contribution is 2.35. The lowest BCUT2D eigenvalue weighted by Crippen LogP contribution is -2.32. The number of anilines is 2. The summed E-state index contributed by atoms with van der Waals surface area (Å²) in [7, 11) is 0. The van der Waals surface area contributed by atoms with E-state index in [1.807, 2.05) is 41.0 Å². The molecule has 1 saturated carbocycles. The van der Waals surface area contributed by atoms with Gasteiger partial charge in [0.15, 0.2) is 0 Å². The molecule has 1 aromatic heterocycles. The first kappa shape index (κ1) is 20.7. The highest BCUT2D eigenvalue weighted by molar-refractivity contribution is 5.91. The van der Waals surface area contributed by atoms with Gasteiger partial charge in [0.2, 0.25) is 5.91 Å². The monoisotopic (exact) mass is 430 g/mol. The van der Waals surface area contributed by atoms with Gasteiger partial charge in [0, 0.05) is 43.3 Å². The number of aryl methyl sites for hydroxylation is 1. The molecule has 1 N–H and O–H groups in total. The Morgan fingerprint density at radius 1 is 1.03 bits per heavy atom. The molecule has 2 aliphatic rings. The van der Waals surface area contributed by atoms with E-state index in [1.54, 1.807) is 0 Å². The summed E-state index contributed by atoms with van der Waals surface area (Å²) in [6, 6.07) is 15.8. The maximum atomic E-state index is 13.0. The molecule has 1 amide bonds. The Kier molecular flexibility index (Phi) is 5.68. The summed E-state index contributed by atoms with van der Waals surface area (Å²) in [5.41, 5.74) is 2.72. The maximum Gasteiger partial charge on any atom is 0.261 e. The second-order valence-electron chi connectivity index (χ2n) is 9.22. The van der Waals surface area contributed by atoms with Crippen LogP contribution in [-0.2, 0) is 11.2 Å². The number of fused-ring (bicyclic) bond motifs is 1. The number of carbonyl (C=O) groups is 1. The molecule has 2 aromatic carbocycles. The second-order valence-corrected chi connectivity index (χ2v) is 9.22. The van der Waals surface area contributed by atoms with Crippen molar-refractivity contribution in [3.63, 3.8) is 0 Å². The van der Waals surface area contributed by atoms with Gasteiger partial charge in [-0.05, 0) is 68.0 Å². The summed E-state index contributed by atoms with van der Waals surface area (Å²) in [5.74, 6) is 1.45. The van der Waals surface area contributed by atoms with Crippen LogP contribution in [0.25, 0.3) is 10.9 Å². The van der Waals surface area contributed by atoms with Crippen molar-refractivity contribution in [2.24, 2.45) is 5.92 Å². The number of piperidine rings is 1. The number of hydrogen-bond donors (Lipinski definition) is 1. The predicted octanol–water partition coefficient (Wildman–Crippen LogP) is 4.54. The standard InChI is InChI=1S/C26H30N4O2/c1-18-14-16-29(17-15-18)20-8-6-19(7-9-20)27-25(31)13-12-24-28-23-5-3-2-4-22(23)26(32)30(24)21-10-11-21/h2-9,18,21H,10-17H2,1H3,(H,27,31). The van der Waals surface area contributed by atoms with Crippen molar-refractivity contribution in [1.29, 1.82) is 0 Å². The van der Waals surface area contributed by atoms with Crippen LogP contribution in [0.3, 0.4) is 0 Å². The van der Waals surface area contributed by atoms with E-state index in [9.17, 15) is 9.59 Å². The van der Waals surface area contributed by atoms with E-state index in [2.05, 4.69) is 29.3 Å². The molecule has 0 spiro atoms. The molecule has 2 fully saturated rings. The predicted molar refractivity (Wildman–Crippen MR) is 128 cm³/mol. The molecule has 1 saturated heterocycles. The van der Waals surface area contributed by atoms with Crippen molar-refractivity contribution >= 4 is 28.2 Å². The van der Waals surface area contributed by atoms with Crippen LogP contribution in [0.1, 0.15) is 50.9 Å². The van der Waals surface area contributed by atoms with Gasteiger partial charge in [0.05, 0.1) is 10.9 Å². The lowest BCUT2D eigenvalue weighted by atomic mass is 9.99. The minimum atomic E-state index is -0.0608. The number of rotatable bonds is 6. The van der Waals surface area contributed by atoms with E-state index in [0.717, 1.165) is 37.5 Å². The Balaban J connectivity index is 1.24. The zero-order valence-electron chi connectivity index (χ0n) is 18.6. The van der Waals surface area contributed by atoms with Gasteiger partial charge < -0.3 is 10.2 Å². The summed E-state index contributed by atoms with van der Waals surface area (Å²) in [6.45, 7) is 4.50. The van der Waals surface area contributed by atoms with Crippen LogP contribution in [0.2, 0.25) is 0 Å². The van der Waals surface area contributed by atoms with Gasteiger partial charge in [-0.3, -0.25) is 14.2 Å². The lowest BCUT2D eigenvalue weighted by Gasteiger charge is -2.32. The van der Waals surface area contributed by atoms with Gasteiger partial charge >= 0.3 is 0 Å². The van der Waals surface area contributed by atoms with E-state index in [-0.39, 0.29) is 17.5 Å². The first-order chi connectivity index (χ1) is 15.6. The number of benzene rings is 2. The molecule has 6 nitrogen and oxygen atoms in total. The van der Waals surface area contributed by atoms with E-state index in [1.165, 1.54) is 18.5 Å². The largest absolute Gasteiger partial charge is 0.372 e. The van der Waals surface area contributed by atoms with Gasteiger partial charge in [0.25, 0.3) is 5.56 Å². The van der Waals surface area contributed by atoms with Crippen LogP contribution in [0.4, 0.5) is 11.4 Å². The highest BCUT2D eigenvalue weighted by atomic mass is 16.1. The van der Waals surface area contributed by atoms with Gasteiger partial charge in [-0.15, -0.1) is 0 Å². The third-order valence-electron chi connectivity index (χ3n) is 6.67. The fourth-order valence-electron chi connectivity index (χ4n) is 4.55. The normalized spacial score (nSPS) is 17.0. The molecule has 0 unspecified atom stereocenters. The summed E-state index contributed by atoms with van der Waals surface area (Å²) in [6.07, 6.45) is 5.21. The summed E-state index contributed by atoms with van der Waals surface area (Å²) < 4.78 is 1.81. The average molecular weight is 431 g/mol. The third-order valence-corrected chi connectivity index (χ3v) is 6.67. The summed E-state index contributed by atoms with van der Waals surface area (Å²) in [5, 5.41) is 3.64. The van der Waals surface area contributed by atoms with Gasteiger partial charge in [0.1, 0.15) is 5.82 Å². The van der Waals surface area contributed by atoms with Crippen molar-refractivity contribution in [1.82, 2.24) is 9.55 Å². The molecule has 0 atom stereocenters. The molecule has 0 bridgehead atoms. The number of hydrogen-bond acceptors (Lipinski definition) is 4. The van der Waals surface area contributed by atoms with E-state index in [0.29, 0.717) is 29.6 Å². The molecule has 1 aliphatic heterocycles. The number of amides is 1. The van der Waals surface area contributed by atoms with Crippen molar-refractivity contribution in [2.45, 2.75) is 51.5 Å². The second kappa shape index (κ2) is 8.77. The molecular weight excluding hydrogens is 400 g/mol. The summed E-state index contributed by atoms with van der Waals surface area (Å²) >= 11 is 0. The number of nitrogens with zero attached hydrogens (tertiary/aromatic N) is 3.